The van der Waals surface area contributed by atoms with Crippen LogP contribution in [0.1, 0.15) is 23.0 Å². The van der Waals surface area contributed by atoms with Gasteiger partial charge in [-0.25, -0.2) is 4.98 Å². The summed E-state index contributed by atoms with van der Waals surface area (Å²) in [6, 6.07) is 6.90. The Labute approximate surface area is 125 Å². The van der Waals surface area contributed by atoms with Crippen LogP contribution in [0.5, 0.6) is 0 Å². The molecule has 0 aliphatic rings. The molecular weight excluding hydrogens is 319 g/mol. The van der Waals surface area contributed by atoms with E-state index in [0.29, 0.717) is 10.2 Å². The molecule has 0 fully saturated rings. The van der Waals surface area contributed by atoms with Gasteiger partial charge >= 0.3 is 6.18 Å². The average Bonchev–Trinajstić information content (AvgIpc) is 2.98. The van der Waals surface area contributed by atoms with E-state index in [0.717, 1.165) is 23.0 Å². The van der Waals surface area contributed by atoms with Crippen molar-refractivity contribution in [2.24, 2.45) is 0 Å². The van der Waals surface area contributed by atoms with Crippen LogP contribution in [0, 0.1) is 0 Å². The molecule has 0 amide bonds. The maximum Gasteiger partial charge on any atom is 0.433 e. The van der Waals surface area contributed by atoms with Gasteiger partial charge in [0.25, 0.3) is 5.56 Å². The lowest BCUT2D eigenvalue weighted by Gasteiger charge is -2.03. The van der Waals surface area contributed by atoms with Crippen LogP contribution in [0.2, 0.25) is 0 Å². The van der Waals surface area contributed by atoms with Crippen LogP contribution < -0.4 is 5.56 Å². The van der Waals surface area contributed by atoms with Crippen molar-refractivity contribution in [1.82, 2.24) is 14.8 Å². The molecule has 114 valence electrons. The van der Waals surface area contributed by atoms with Crippen LogP contribution in [0.3, 0.4) is 0 Å². The molecule has 3 aromatic rings. The molecule has 0 radical (unpaired) electrons. The number of hydrogen-bond donors (Lipinski definition) is 1. The van der Waals surface area contributed by atoms with Gasteiger partial charge in [-0.05, 0) is 19.1 Å². The number of fused-ring (bicyclic) bond motifs is 1. The summed E-state index contributed by atoms with van der Waals surface area (Å²) in [7, 11) is 0. The summed E-state index contributed by atoms with van der Waals surface area (Å²) >= 11 is 1.05. The SMILES string of the molecule is CC(=O)c1c(C(F)(F)F)[nH]n(-c2nc3ccccc3s2)c1=O. The molecule has 0 saturated heterocycles. The van der Waals surface area contributed by atoms with E-state index in [2.05, 4.69) is 4.98 Å². The molecule has 5 nitrogen and oxygen atoms in total. The van der Waals surface area contributed by atoms with E-state index >= 15 is 0 Å². The van der Waals surface area contributed by atoms with E-state index in [-0.39, 0.29) is 5.13 Å². The molecule has 0 spiro atoms. The van der Waals surface area contributed by atoms with Crippen molar-refractivity contribution in [2.75, 3.05) is 0 Å². The number of aromatic nitrogens is 3. The third-order valence-electron chi connectivity index (χ3n) is 3.00. The van der Waals surface area contributed by atoms with Crippen molar-refractivity contribution in [1.29, 1.82) is 0 Å². The predicted octanol–water partition coefficient (Wildman–Crippen LogP) is 3.00. The van der Waals surface area contributed by atoms with Crippen molar-refractivity contribution in [3.8, 4) is 5.13 Å². The molecule has 0 atom stereocenters. The lowest BCUT2D eigenvalue weighted by Crippen LogP contribution is -2.20. The number of para-hydroxylation sites is 1. The summed E-state index contributed by atoms with van der Waals surface area (Å²) in [5, 5.41) is 2.00. The van der Waals surface area contributed by atoms with Crippen molar-refractivity contribution < 1.29 is 18.0 Å². The third kappa shape index (κ3) is 2.23. The smallest absolute Gasteiger partial charge is 0.294 e. The third-order valence-corrected chi connectivity index (χ3v) is 4.02. The van der Waals surface area contributed by atoms with Gasteiger partial charge in [0.2, 0.25) is 5.13 Å². The van der Waals surface area contributed by atoms with Gasteiger partial charge in [-0.2, -0.15) is 17.9 Å². The second kappa shape index (κ2) is 4.80. The van der Waals surface area contributed by atoms with Gasteiger partial charge < -0.3 is 0 Å². The number of carbonyl (C=O) groups excluding carboxylic acids is 1. The molecule has 0 aliphatic carbocycles. The van der Waals surface area contributed by atoms with Crippen LogP contribution in [0.4, 0.5) is 13.2 Å². The van der Waals surface area contributed by atoms with E-state index < -0.39 is 28.8 Å². The number of halogens is 3. The summed E-state index contributed by atoms with van der Waals surface area (Å²) in [6.45, 7) is 0.919. The highest BCUT2D eigenvalue weighted by atomic mass is 32.1. The number of nitrogens with zero attached hydrogens (tertiary/aromatic N) is 2. The minimum Gasteiger partial charge on any atom is -0.294 e. The topological polar surface area (TPSA) is 67.8 Å². The number of rotatable bonds is 2. The zero-order chi connectivity index (χ0) is 16.1. The summed E-state index contributed by atoms with van der Waals surface area (Å²) in [4.78, 5) is 27.6. The highest BCUT2D eigenvalue weighted by Gasteiger charge is 2.39. The van der Waals surface area contributed by atoms with Crippen molar-refractivity contribution >= 4 is 27.3 Å². The Morgan fingerprint density at radius 3 is 2.55 bits per heavy atom. The Morgan fingerprint density at radius 2 is 2.00 bits per heavy atom. The fourth-order valence-corrected chi connectivity index (χ4v) is 2.98. The van der Waals surface area contributed by atoms with Crippen LogP contribution in [0.15, 0.2) is 29.1 Å². The zero-order valence-corrected chi connectivity index (χ0v) is 11.9. The Kier molecular flexibility index (Phi) is 3.17. The van der Waals surface area contributed by atoms with Crippen molar-refractivity contribution in [3.63, 3.8) is 0 Å². The number of thiazole rings is 1. The van der Waals surface area contributed by atoms with E-state index in [4.69, 9.17) is 0 Å². The normalized spacial score (nSPS) is 12.0. The fraction of sp³-hybridized carbons (Fsp3) is 0.154. The van der Waals surface area contributed by atoms with Crippen LogP contribution in [-0.4, -0.2) is 20.5 Å². The number of hydrogen-bond acceptors (Lipinski definition) is 4. The van der Waals surface area contributed by atoms with Gasteiger partial charge in [0, 0.05) is 0 Å². The molecule has 3 rings (SSSR count). The second-order valence-electron chi connectivity index (χ2n) is 4.52. The lowest BCUT2D eigenvalue weighted by atomic mass is 10.2. The van der Waals surface area contributed by atoms with Gasteiger partial charge in [0.15, 0.2) is 11.5 Å². The fourth-order valence-electron chi connectivity index (χ4n) is 2.06. The van der Waals surface area contributed by atoms with Gasteiger partial charge in [0.1, 0.15) is 5.56 Å². The first-order valence-electron chi connectivity index (χ1n) is 6.08. The molecule has 0 bridgehead atoms. The number of aromatic amines is 1. The molecule has 22 heavy (non-hydrogen) atoms. The summed E-state index contributed by atoms with van der Waals surface area (Å²) in [6.07, 6.45) is -4.83. The quantitative estimate of drug-likeness (QED) is 0.736. The molecule has 0 aliphatic heterocycles. The molecule has 0 unspecified atom stereocenters. The minimum absolute atomic E-state index is 0.0456. The number of benzene rings is 1. The molecule has 1 aromatic carbocycles. The summed E-state index contributed by atoms with van der Waals surface area (Å²) < 4.78 is 40.3. The standard InChI is InChI=1S/C13H8F3N3O2S/c1-6(20)9-10(13(14,15)16)18-19(11(9)21)12-17-7-4-2-3-5-8(7)22-12/h2-5,18H,1H3. The van der Waals surface area contributed by atoms with Gasteiger partial charge in [0.05, 0.1) is 10.2 Å². The van der Waals surface area contributed by atoms with Gasteiger partial charge in [-0.1, -0.05) is 23.5 Å². The summed E-state index contributed by atoms with van der Waals surface area (Å²) in [5.74, 6) is -0.951. The van der Waals surface area contributed by atoms with Crippen LogP contribution in [0.25, 0.3) is 15.3 Å². The molecule has 1 N–H and O–H groups in total. The first-order chi connectivity index (χ1) is 10.3. The second-order valence-corrected chi connectivity index (χ2v) is 5.53. The van der Waals surface area contributed by atoms with E-state index in [9.17, 15) is 22.8 Å². The molecule has 9 heteroatoms. The molecule has 0 saturated carbocycles. The van der Waals surface area contributed by atoms with Crippen molar-refractivity contribution in [3.05, 3.63) is 45.9 Å². The van der Waals surface area contributed by atoms with Gasteiger partial charge in [-0.15, -0.1) is 0 Å². The minimum atomic E-state index is -4.83. The first kappa shape index (κ1) is 14.5. The highest BCUT2D eigenvalue weighted by Crippen LogP contribution is 2.31. The number of H-pyrrole nitrogens is 1. The van der Waals surface area contributed by atoms with E-state index in [1.165, 1.54) is 0 Å². The number of nitrogens with one attached hydrogen (secondary N) is 1. The van der Waals surface area contributed by atoms with E-state index in [1.807, 2.05) is 5.10 Å². The monoisotopic (exact) mass is 327 g/mol. The zero-order valence-electron chi connectivity index (χ0n) is 11.1. The lowest BCUT2D eigenvalue weighted by molar-refractivity contribution is -0.141. The maximum absolute atomic E-state index is 13.0. The number of carbonyl (C=O) groups is 1. The van der Waals surface area contributed by atoms with Crippen molar-refractivity contribution in [2.45, 2.75) is 13.1 Å². The maximum atomic E-state index is 13.0. The highest BCUT2D eigenvalue weighted by molar-refractivity contribution is 7.20. The van der Waals surface area contributed by atoms with E-state index in [1.54, 1.807) is 24.3 Å². The number of ketones is 1. The molecular formula is C13H8F3N3O2S. The molecule has 2 heterocycles. The van der Waals surface area contributed by atoms with Crippen LogP contribution >= 0.6 is 11.3 Å². The van der Waals surface area contributed by atoms with Gasteiger partial charge in [-0.3, -0.25) is 14.7 Å². The Balaban J connectivity index is 2.28. The summed E-state index contributed by atoms with van der Waals surface area (Å²) in [5.41, 5.74) is -2.77. The Bertz CT molecular complexity index is 903. The Hall–Kier alpha value is -2.42. The Morgan fingerprint density at radius 1 is 1.32 bits per heavy atom. The average molecular weight is 327 g/mol. The predicted molar refractivity (Wildman–Crippen MR) is 74.6 cm³/mol. The number of Topliss-reactive ketones (excluding diaryl/α,β-unsaturated/α-hetero) is 1. The first-order valence-corrected chi connectivity index (χ1v) is 6.90. The largest absolute Gasteiger partial charge is 0.433 e. The number of alkyl halides is 3. The van der Waals surface area contributed by atoms with Crippen LogP contribution in [-0.2, 0) is 6.18 Å². The molecule has 2 aromatic heterocycles.